The van der Waals surface area contributed by atoms with Gasteiger partial charge in [0.1, 0.15) is 9.96 Å². The first kappa shape index (κ1) is 21.6. The molecule has 8 nitrogen and oxygen atoms in total. The van der Waals surface area contributed by atoms with E-state index in [1.54, 1.807) is 31.2 Å². The highest BCUT2D eigenvalue weighted by Crippen LogP contribution is 2.25. The third-order valence-corrected chi connectivity index (χ3v) is 7.99. The van der Waals surface area contributed by atoms with Gasteiger partial charge in [-0.2, -0.15) is 4.31 Å². The number of nitrogens with one attached hydrogen (secondary N) is 1. The molecule has 0 radical (unpaired) electrons. The Balaban J connectivity index is 1.53. The Morgan fingerprint density at radius 3 is 2.55 bits per heavy atom. The van der Waals surface area contributed by atoms with Crippen LogP contribution < -0.4 is 10.1 Å². The number of methoxy groups -OCH3 is 1. The number of thiophene rings is 1. The summed E-state index contributed by atoms with van der Waals surface area (Å²) in [5, 5.41) is 2.83. The molecule has 2 aromatic rings. The second kappa shape index (κ2) is 9.57. The van der Waals surface area contributed by atoms with Gasteiger partial charge in [-0.3, -0.25) is 0 Å². The highest BCUT2D eigenvalue weighted by molar-refractivity contribution is 7.91. The Hall–Kier alpha value is -2.14. The minimum Gasteiger partial charge on any atom is -0.497 e. The van der Waals surface area contributed by atoms with Crippen molar-refractivity contribution >= 4 is 27.4 Å². The summed E-state index contributed by atoms with van der Waals surface area (Å²) in [6.45, 7) is 2.28. The Kier molecular flexibility index (Phi) is 7.12. The van der Waals surface area contributed by atoms with Gasteiger partial charge in [0.2, 0.25) is 0 Å². The molecule has 1 aliphatic heterocycles. The zero-order valence-corrected chi connectivity index (χ0v) is 18.1. The molecule has 0 aliphatic carbocycles. The number of carbonyl (C=O) groups excluding carboxylic acids is 1. The zero-order valence-electron chi connectivity index (χ0n) is 16.5. The lowest BCUT2D eigenvalue weighted by Gasteiger charge is -2.25. The van der Waals surface area contributed by atoms with E-state index in [0.29, 0.717) is 32.8 Å². The molecular weight excluding hydrogens is 414 g/mol. The van der Waals surface area contributed by atoms with Crippen LogP contribution in [0.25, 0.3) is 0 Å². The van der Waals surface area contributed by atoms with E-state index in [2.05, 4.69) is 5.32 Å². The quantitative estimate of drug-likeness (QED) is 0.714. The molecule has 0 atom stereocenters. The Morgan fingerprint density at radius 1 is 1.21 bits per heavy atom. The van der Waals surface area contributed by atoms with E-state index in [-0.39, 0.29) is 16.8 Å². The zero-order chi connectivity index (χ0) is 20.9. The second-order valence-corrected chi connectivity index (χ2v) is 9.93. The van der Waals surface area contributed by atoms with Crippen molar-refractivity contribution in [2.45, 2.75) is 17.3 Å². The minimum absolute atomic E-state index is 0.230. The topological polar surface area (TPSA) is 88.2 Å². The number of ether oxygens (including phenoxy) is 2. The summed E-state index contributed by atoms with van der Waals surface area (Å²) in [6, 6.07) is 10.6. The summed E-state index contributed by atoms with van der Waals surface area (Å²) in [5.41, 5.74) is 0.985. The average molecular weight is 440 g/mol. The van der Waals surface area contributed by atoms with E-state index in [1.165, 1.54) is 15.6 Å². The Bertz CT molecular complexity index is 922. The lowest BCUT2D eigenvalue weighted by Crippen LogP contribution is -2.40. The van der Waals surface area contributed by atoms with Crippen LogP contribution in [0.15, 0.2) is 40.6 Å². The number of benzene rings is 1. The van der Waals surface area contributed by atoms with Crippen molar-refractivity contribution in [2.24, 2.45) is 0 Å². The molecule has 0 unspecified atom stereocenters. The number of carbonyl (C=O) groups is 1. The van der Waals surface area contributed by atoms with Gasteiger partial charge in [-0.05, 0) is 29.8 Å². The third kappa shape index (κ3) is 5.47. The molecule has 1 N–H and O–H groups in total. The smallest absolute Gasteiger partial charge is 0.317 e. The van der Waals surface area contributed by atoms with Gasteiger partial charge in [-0.15, -0.1) is 11.3 Å². The van der Waals surface area contributed by atoms with Crippen LogP contribution in [0.3, 0.4) is 0 Å². The van der Waals surface area contributed by atoms with Crippen LogP contribution in [0.2, 0.25) is 0 Å². The van der Waals surface area contributed by atoms with Crippen molar-refractivity contribution < 1.29 is 22.7 Å². The molecule has 3 rings (SSSR count). The van der Waals surface area contributed by atoms with Crippen LogP contribution in [0, 0.1) is 0 Å². The summed E-state index contributed by atoms with van der Waals surface area (Å²) < 4.78 is 37.4. The van der Waals surface area contributed by atoms with Crippen LogP contribution in [-0.2, 0) is 27.8 Å². The van der Waals surface area contributed by atoms with Gasteiger partial charge < -0.3 is 19.7 Å². The first-order valence-corrected chi connectivity index (χ1v) is 11.4. The number of amides is 2. The normalized spacial score (nSPS) is 15.1. The highest BCUT2D eigenvalue weighted by Gasteiger charge is 2.27. The Labute approximate surface area is 175 Å². The molecule has 1 aromatic carbocycles. The number of sulfonamides is 1. The van der Waals surface area contributed by atoms with E-state index < -0.39 is 10.0 Å². The molecule has 1 fully saturated rings. The number of morpholine rings is 1. The van der Waals surface area contributed by atoms with Gasteiger partial charge in [-0.25, -0.2) is 13.2 Å². The molecule has 158 valence electrons. The van der Waals surface area contributed by atoms with E-state index in [9.17, 15) is 13.2 Å². The van der Waals surface area contributed by atoms with Crippen molar-refractivity contribution in [3.63, 3.8) is 0 Å². The number of nitrogens with zero attached hydrogens (tertiary/aromatic N) is 2. The maximum atomic E-state index is 12.7. The maximum absolute atomic E-state index is 12.7. The van der Waals surface area contributed by atoms with E-state index in [1.807, 2.05) is 24.3 Å². The molecule has 2 heterocycles. The van der Waals surface area contributed by atoms with Gasteiger partial charge in [0.05, 0.1) is 26.9 Å². The SMILES string of the molecule is COc1ccc(CN(C)C(=O)NCc2ccc(S(=O)(=O)N3CCOCC3)s2)cc1. The summed E-state index contributed by atoms with van der Waals surface area (Å²) >= 11 is 1.18. The van der Waals surface area contributed by atoms with Crippen molar-refractivity contribution in [1.82, 2.24) is 14.5 Å². The van der Waals surface area contributed by atoms with Gasteiger partial charge in [0, 0.05) is 31.6 Å². The highest BCUT2D eigenvalue weighted by atomic mass is 32.2. The average Bonchev–Trinajstić information content (AvgIpc) is 3.23. The van der Waals surface area contributed by atoms with E-state index in [4.69, 9.17) is 9.47 Å². The van der Waals surface area contributed by atoms with Crippen molar-refractivity contribution in [3.8, 4) is 5.75 Å². The standard InChI is InChI=1S/C19H25N3O5S2/c1-21(14-15-3-5-16(26-2)6-4-15)19(23)20-13-17-7-8-18(28-17)29(24,25)22-9-11-27-12-10-22/h3-8H,9-14H2,1-2H3,(H,20,23). The van der Waals surface area contributed by atoms with Gasteiger partial charge in [0.25, 0.3) is 10.0 Å². The first-order valence-electron chi connectivity index (χ1n) is 9.18. The first-order chi connectivity index (χ1) is 13.9. The molecule has 29 heavy (non-hydrogen) atoms. The molecule has 0 spiro atoms. The van der Waals surface area contributed by atoms with Crippen molar-refractivity contribution in [2.75, 3.05) is 40.5 Å². The lowest BCUT2D eigenvalue weighted by atomic mass is 10.2. The third-order valence-electron chi connectivity index (χ3n) is 4.54. The molecule has 1 aromatic heterocycles. The molecule has 1 aliphatic rings. The number of urea groups is 1. The van der Waals surface area contributed by atoms with E-state index in [0.717, 1.165) is 16.2 Å². The van der Waals surface area contributed by atoms with E-state index >= 15 is 0 Å². The van der Waals surface area contributed by atoms with Crippen LogP contribution in [0.5, 0.6) is 5.75 Å². The fourth-order valence-corrected chi connectivity index (χ4v) is 5.74. The number of hydrogen-bond acceptors (Lipinski definition) is 6. The summed E-state index contributed by atoms with van der Waals surface area (Å²) in [5.74, 6) is 0.765. The van der Waals surface area contributed by atoms with Gasteiger partial charge in [-0.1, -0.05) is 12.1 Å². The number of rotatable bonds is 7. The number of hydrogen-bond donors (Lipinski definition) is 1. The van der Waals surface area contributed by atoms with Crippen LogP contribution in [-0.4, -0.2) is 64.1 Å². The molecule has 0 saturated carbocycles. The minimum atomic E-state index is -3.50. The predicted octanol–water partition coefficient (Wildman–Crippen LogP) is 2.12. The molecule has 1 saturated heterocycles. The van der Waals surface area contributed by atoms with Gasteiger partial charge >= 0.3 is 6.03 Å². The fraction of sp³-hybridized carbons (Fsp3) is 0.421. The summed E-state index contributed by atoms with van der Waals surface area (Å²) in [7, 11) is -0.186. The molecular formula is C19H25N3O5S2. The summed E-state index contributed by atoms with van der Waals surface area (Å²) in [4.78, 5) is 14.7. The van der Waals surface area contributed by atoms with Crippen LogP contribution in [0.1, 0.15) is 10.4 Å². The molecule has 10 heteroatoms. The summed E-state index contributed by atoms with van der Waals surface area (Å²) in [6.07, 6.45) is 0. The maximum Gasteiger partial charge on any atom is 0.317 e. The van der Waals surface area contributed by atoms with Crippen molar-refractivity contribution in [3.05, 3.63) is 46.8 Å². The van der Waals surface area contributed by atoms with Gasteiger partial charge in [0.15, 0.2) is 0 Å². The van der Waals surface area contributed by atoms with Crippen LogP contribution >= 0.6 is 11.3 Å². The molecule has 2 amide bonds. The second-order valence-electron chi connectivity index (χ2n) is 6.60. The lowest BCUT2D eigenvalue weighted by molar-refractivity contribution is 0.0731. The van der Waals surface area contributed by atoms with Crippen LogP contribution in [0.4, 0.5) is 4.79 Å². The fourth-order valence-electron chi connectivity index (χ4n) is 2.88. The monoisotopic (exact) mass is 439 g/mol. The predicted molar refractivity (Wildman–Crippen MR) is 111 cm³/mol. The Morgan fingerprint density at radius 2 is 1.90 bits per heavy atom. The largest absolute Gasteiger partial charge is 0.497 e. The molecule has 0 bridgehead atoms. The van der Waals surface area contributed by atoms with Crippen molar-refractivity contribution in [1.29, 1.82) is 0 Å².